The van der Waals surface area contributed by atoms with Gasteiger partial charge in [-0.3, -0.25) is 9.59 Å². The van der Waals surface area contributed by atoms with Crippen LogP contribution >= 0.6 is 12.2 Å². The minimum Gasteiger partial charge on any atom is -0.392 e. The van der Waals surface area contributed by atoms with Crippen molar-refractivity contribution < 1.29 is 9.59 Å². The number of thiocarbonyl (C=S) groups is 1. The van der Waals surface area contributed by atoms with Crippen LogP contribution in [-0.2, 0) is 9.59 Å². The maximum atomic E-state index is 12.7. The second-order valence-corrected chi connectivity index (χ2v) is 6.66. The summed E-state index contributed by atoms with van der Waals surface area (Å²) < 4.78 is 0. The van der Waals surface area contributed by atoms with Gasteiger partial charge in [-0.25, -0.2) is 0 Å². The third-order valence-corrected chi connectivity index (χ3v) is 4.43. The molecule has 1 unspecified atom stereocenters. The van der Waals surface area contributed by atoms with E-state index in [0.717, 1.165) is 25.7 Å². The maximum absolute atomic E-state index is 12.7. The molecule has 0 aromatic carbocycles. The van der Waals surface area contributed by atoms with E-state index in [4.69, 9.17) is 18.0 Å². The van der Waals surface area contributed by atoms with Gasteiger partial charge in [-0.15, -0.1) is 0 Å². The average Bonchev–Trinajstić information content (AvgIpc) is 2.64. The molecule has 1 saturated carbocycles. The second-order valence-electron chi connectivity index (χ2n) is 6.22. The number of carbonyl (C=O) groups excluding carboxylic acids is 2. The number of nitrogens with two attached hydrogens (primary N) is 1. The minimum atomic E-state index is -0.793. The first-order valence-electron chi connectivity index (χ1n) is 7.71. The summed E-state index contributed by atoms with van der Waals surface area (Å²) in [4.78, 5) is 24.8. The molecule has 120 valence electrons. The summed E-state index contributed by atoms with van der Waals surface area (Å²) in [6, 6.07) is -0.548. The third-order valence-electron chi connectivity index (χ3n) is 4.04. The number of hydrogen-bond acceptors (Lipinski definition) is 3. The standard InChI is InChI=1S/C15H27N3O2S/c1-10(2)17-12(19)11(3)18-14(20)15(13(16)21)8-6-4-5-7-9-15/h10-11H,4-9H2,1-3H3,(H2,16,21)(H,17,19)(H,18,20). The van der Waals surface area contributed by atoms with E-state index in [1.54, 1.807) is 6.92 Å². The van der Waals surface area contributed by atoms with E-state index >= 15 is 0 Å². The largest absolute Gasteiger partial charge is 0.392 e. The molecule has 1 rings (SSSR count). The molecule has 2 amide bonds. The first kappa shape index (κ1) is 17.9. The van der Waals surface area contributed by atoms with Crippen LogP contribution in [0.3, 0.4) is 0 Å². The Labute approximate surface area is 132 Å². The molecule has 0 saturated heterocycles. The fourth-order valence-electron chi connectivity index (χ4n) is 2.73. The minimum absolute atomic E-state index is 0.0410. The highest BCUT2D eigenvalue weighted by atomic mass is 32.1. The Morgan fingerprint density at radius 2 is 1.57 bits per heavy atom. The van der Waals surface area contributed by atoms with Gasteiger partial charge in [-0.2, -0.15) is 0 Å². The van der Waals surface area contributed by atoms with Gasteiger partial charge in [0.25, 0.3) is 0 Å². The summed E-state index contributed by atoms with van der Waals surface area (Å²) in [7, 11) is 0. The Morgan fingerprint density at radius 1 is 1.05 bits per heavy atom. The third kappa shape index (κ3) is 4.66. The van der Waals surface area contributed by atoms with Gasteiger partial charge < -0.3 is 16.4 Å². The van der Waals surface area contributed by atoms with Crippen LogP contribution in [0.5, 0.6) is 0 Å². The highest BCUT2D eigenvalue weighted by molar-refractivity contribution is 7.80. The number of nitrogens with one attached hydrogen (secondary N) is 2. The van der Waals surface area contributed by atoms with Crippen molar-refractivity contribution in [2.24, 2.45) is 11.1 Å². The van der Waals surface area contributed by atoms with Crippen molar-refractivity contribution in [1.82, 2.24) is 10.6 Å². The van der Waals surface area contributed by atoms with Crippen LogP contribution in [0, 0.1) is 5.41 Å². The molecule has 21 heavy (non-hydrogen) atoms. The van der Waals surface area contributed by atoms with E-state index in [2.05, 4.69) is 10.6 Å². The van der Waals surface area contributed by atoms with E-state index in [-0.39, 0.29) is 22.8 Å². The van der Waals surface area contributed by atoms with Crippen molar-refractivity contribution in [3.8, 4) is 0 Å². The molecule has 0 bridgehead atoms. The Bertz CT molecular complexity index is 402. The van der Waals surface area contributed by atoms with Crippen LogP contribution in [0.15, 0.2) is 0 Å². The van der Waals surface area contributed by atoms with Crippen LogP contribution in [0.2, 0.25) is 0 Å². The summed E-state index contributed by atoms with van der Waals surface area (Å²) in [6.45, 7) is 5.45. The molecule has 0 spiro atoms. The summed E-state index contributed by atoms with van der Waals surface area (Å²) in [6.07, 6.45) is 5.43. The molecule has 1 aliphatic rings. The normalized spacial score (nSPS) is 19.4. The molecule has 1 aliphatic carbocycles. The zero-order valence-electron chi connectivity index (χ0n) is 13.2. The Morgan fingerprint density at radius 3 is 2.00 bits per heavy atom. The van der Waals surface area contributed by atoms with Crippen molar-refractivity contribution >= 4 is 29.0 Å². The lowest BCUT2D eigenvalue weighted by molar-refractivity contribution is -0.133. The summed E-state index contributed by atoms with van der Waals surface area (Å²) in [5.74, 6) is -0.395. The quantitative estimate of drug-likeness (QED) is 0.532. The SMILES string of the molecule is CC(C)NC(=O)C(C)NC(=O)C1(C(N)=S)CCCCCC1. The molecule has 0 aromatic heterocycles. The Hall–Kier alpha value is -1.17. The molecule has 0 aliphatic heterocycles. The topological polar surface area (TPSA) is 84.2 Å². The molecule has 6 heteroatoms. The zero-order chi connectivity index (χ0) is 16.0. The van der Waals surface area contributed by atoms with Crippen molar-refractivity contribution in [3.05, 3.63) is 0 Å². The second kappa shape index (κ2) is 7.73. The van der Waals surface area contributed by atoms with Gasteiger partial charge in [-0.05, 0) is 33.6 Å². The average molecular weight is 313 g/mol. The van der Waals surface area contributed by atoms with Crippen molar-refractivity contribution in [2.75, 3.05) is 0 Å². The first-order valence-corrected chi connectivity index (χ1v) is 8.11. The van der Waals surface area contributed by atoms with Gasteiger partial charge in [-0.1, -0.05) is 37.9 Å². The Kier molecular flexibility index (Phi) is 6.58. The van der Waals surface area contributed by atoms with Crippen molar-refractivity contribution in [2.45, 2.75) is 71.4 Å². The molecule has 1 fully saturated rings. The molecule has 5 nitrogen and oxygen atoms in total. The molecule has 0 aromatic rings. The fraction of sp³-hybridized carbons (Fsp3) is 0.800. The lowest BCUT2D eigenvalue weighted by atomic mass is 9.79. The predicted molar refractivity (Wildman–Crippen MR) is 87.8 cm³/mol. The fourth-order valence-corrected chi connectivity index (χ4v) is 3.02. The molecule has 0 radical (unpaired) electrons. The Balaban J connectivity index is 2.77. The van der Waals surface area contributed by atoms with Gasteiger partial charge >= 0.3 is 0 Å². The van der Waals surface area contributed by atoms with Gasteiger partial charge in [0.15, 0.2) is 0 Å². The smallest absolute Gasteiger partial charge is 0.242 e. The van der Waals surface area contributed by atoms with E-state index in [9.17, 15) is 9.59 Å². The van der Waals surface area contributed by atoms with Crippen LogP contribution in [0.25, 0.3) is 0 Å². The summed E-state index contributed by atoms with van der Waals surface area (Å²) in [5, 5.41) is 5.57. The van der Waals surface area contributed by atoms with E-state index in [1.165, 1.54) is 0 Å². The van der Waals surface area contributed by atoms with E-state index in [0.29, 0.717) is 12.8 Å². The van der Waals surface area contributed by atoms with E-state index < -0.39 is 11.5 Å². The van der Waals surface area contributed by atoms with Gasteiger partial charge in [0, 0.05) is 6.04 Å². The van der Waals surface area contributed by atoms with Crippen LogP contribution < -0.4 is 16.4 Å². The number of carbonyl (C=O) groups is 2. The monoisotopic (exact) mass is 313 g/mol. The molecular weight excluding hydrogens is 286 g/mol. The first-order chi connectivity index (χ1) is 9.79. The van der Waals surface area contributed by atoms with Crippen molar-refractivity contribution in [1.29, 1.82) is 0 Å². The molecule has 1 atom stereocenters. The lowest BCUT2D eigenvalue weighted by Gasteiger charge is -2.31. The maximum Gasteiger partial charge on any atom is 0.242 e. The molecule has 4 N–H and O–H groups in total. The number of hydrogen-bond donors (Lipinski definition) is 3. The van der Waals surface area contributed by atoms with Gasteiger partial charge in [0.05, 0.1) is 10.4 Å². The van der Waals surface area contributed by atoms with Crippen LogP contribution in [0.1, 0.15) is 59.3 Å². The highest BCUT2D eigenvalue weighted by Crippen LogP contribution is 2.35. The zero-order valence-corrected chi connectivity index (χ0v) is 14.0. The van der Waals surface area contributed by atoms with Gasteiger partial charge in [0.2, 0.25) is 11.8 Å². The molecular formula is C15H27N3O2S. The lowest BCUT2D eigenvalue weighted by Crippen LogP contribution is -2.54. The van der Waals surface area contributed by atoms with Gasteiger partial charge in [0.1, 0.15) is 6.04 Å². The highest BCUT2D eigenvalue weighted by Gasteiger charge is 2.42. The predicted octanol–water partition coefficient (Wildman–Crippen LogP) is 1.64. The van der Waals surface area contributed by atoms with Crippen molar-refractivity contribution in [3.63, 3.8) is 0 Å². The van der Waals surface area contributed by atoms with Crippen LogP contribution in [-0.4, -0.2) is 28.9 Å². The summed E-state index contributed by atoms with van der Waals surface area (Å²) >= 11 is 5.17. The number of amides is 2. The van der Waals surface area contributed by atoms with E-state index in [1.807, 2.05) is 13.8 Å². The summed E-state index contributed by atoms with van der Waals surface area (Å²) in [5.41, 5.74) is 5.08. The number of rotatable bonds is 5. The molecule has 0 heterocycles. The van der Waals surface area contributed by atoms with Crippen LogP contribution in [0.4, 0.5) is 0 Å².